The van der Waals surface area contributed by atoms with Crippen molar-refractivity contribution >= 4 is 27.9 Å². The summed E-state index contributed by atoms with van der Waals surface area (Å²) in [4.78, 5) is 24.2. The number of hydrogen-bond acceptors (Lipinski definition) is 5. The van der Waals surface area contributed by atoms with Crippen molar-refractivity contribution in [3.05, 3.63) is 55.4 Å². The summed E-state index contributed by atoms with van der Waals surface area (Å²) in [7, 11) is 0. The van der Waals surface area contributed by atoms with Crippen LogP contribution in [0.25, 0.3) is 0 Å². The standard InChI is InChI=1S/C18H17N3O3S/c1-10-3-6-13-14(9-19)18(25-16(13)7-10)20-17(22)12-5-4-11(2)15(8-12)21(23)24/h4-5,8,10H,3,6-7H2,1-2H3,(H,20,22)/t10-/m1/s1. The molecular formula is C18H17N3O3S. The molecule has 0 unspecified atom stereocenters. The number of nitrogens with zero attached hydrogens (tertiary/aromatic N) is 2. The average molecular weight is 355 g/mol. The van der Waals surface area contributed by atoms with Crippen LogP contribution in [0, 0.1) is 34.3 Å². The normalized spacial score (nSPS) is 16.0. The summed E-state index contributed by atoms with van der Waals surface area (Å²) < 4.78 is 0. The maximum absolute atomic E-state index is 12.5. The summed E-state index contributed by atoms with van der Waals surface area (Å²) in [6, 6.07) is 6.58. The van der Waals surface area contributed by atoms with Gasteiger partial charge in [-0.1, -0.05) is 13.0 Å². The first-order valence-corrected chi connectivity index (χ1v) is 8.83. The molecule has 0 bridgehead atoms. The van der Waals surface area contributed by atoms with Gasteiger partial charge in [0.1, 0.15) is 11.1 Å². The number of anilines is 1. The molecule has 1 amide bonds. The van der Waals surface area contributed by atoms with Gasteiger partial charge in [-0.15, -0.1) is 11.3 Å². The minimum Gasteiger partial charge on any atom is -0.312 e. The fourth-order valence-electron chi connectivity index (χ4n) is 3.08. The van der Waals surface area contributed by atoms with Crippen LogP contribution < -0.4 is 5.32 Å². The number of carbonyl (C=O) groups excluding carboxylic acids is 1. The van der Waals surface area contributed by atoms with E-state index < -0.39 is 10.8 Å². The van der Waals surface area contributed by atoms with Gasteiger partial charge in [-0.3, -0.25) is 14.9 Å². The predicted molar refractivity (Wildman–Crippen MR) is 96.0 cm³/mol. The molecule has 7 heteroatoms. The zero-order valence-corrected chi connectivity index (χ0v) is 14.8. The quantitative estimate of drug-likeness (QED) is 0.659. The molecule has 1 heterocycles. The van der Waals surface area contributed by atoms with Crippen LogP contribution in [-0.2, 0) is 12.8 Å². The number of benzene rings is 1. The lowest BCUT2D eigenvalue weighted by molar-refractivity contribution is -0.385. The van der Waals surface area contributed by atoms with Gasteiger partial charge in [-0.05, 0) is 43.7 Å². The SMILES string of the molecule is Cc1ccc(C(=O)Nc2sc3c(c2C#N)CC[C@@H](C)C3)cc1[N+](=O)[O-]. The van der Waals surface area contributed by atoms with Gasteiger partial charge in [0.25, 0.3) is 11.6 Å². The number of nitro groups is 1. The number of amides is 1. The van der Waals surface area contributed by atoms with Crippen molar-refractivity contribution in [2.45, 2.75) is 33.1 Å². The summed E-state index contributed by atoms with van der Waals surface area (Å²) in [6.45, 7) is 3.81. The highest BCUT2D eigenvalue weighted by Crippen LogP contribution is 2.39. The molecule has 1 aromatic carbocycles. The Morgan fingerprint density at radius 3 is 2.92 bits per heavy atom. The lowest BCUT2D eigenvalue weighted by atomic mass is 9.88. The zero-order valence-electron chi connectivity index (χ0n) is 14.0. The molecule has 0 saturated heterocycles. The Labute approximate surface area is 149 Å². The summed E-state index contributed by atoms with van der Waals surface area (Å²) in [6.07, 6.45) is 2.80. The van der Waals surface area contributed by atoms with Crippen molar-refractivity contribution in [3.63, 3.8) is 0 Å². The molecular weight excluding hydrogens is 338 g/mol. The molecule has 0 saturated carbocycles. The number of nitrogens with one attached hydrogen (secondary N) is 1. The van der Waals surface area contributed by atoms with E-state index in [1.54, 1.807) is 19.1 Å². The lowest BCUT2D eigenvalue weighted by Gasteiger charge is -2.17. The molecule has 1 aliphatic rings. The fourth-order valence-corrected chi connectivity index (χ4v) is 4.44. The summed E-state index contributed by atoms with van der Waals surface area (Å²) >= 11 is 1.44. The third-order valence-corrected chi connectivity index (χ3v) is 5.69. The number of fused-ring (bicyclic) bond motifs is 1. The molecule has 0 aliphatic heterocycles. The number of nitriles is 1. The van der Waals surface area contributed by atoms with Crippen LogP contribution in [0.5, 0.6) is 0 Å². The molecule has 1 N–H and O–H groups in total. The van der Waals surface area contributed by atoms with Crippen molar-refractivity contribution in [2.75, 3.05) is 5.32 Å². The molecule has 1 aliphatic carbocycles. The first-order valence-electron chi connectivity index (χ1n) is 8.01. The van der Waals surface area contributed by atoms with Crippen LogP contribution in [0.1, 0.15) is 45.3 Å². The van der Waals surface area contributed by atoms with E-state index in [0.29, 0.717) is 22.0 Å². The second-order valence-corrected chi connectivity index (χ2v) is 7.49. The molecule has 1 atom stereocenters. The van der Waals surface area contributed by atoms with E-state index in [2.05, 4.69) is 18.3 Å². The van der Waals surface area contributed by atoms with Crippen molar-refractivity contribution < 1.29 is 9.72 Å². The smallest absolute Gasteiger partial charge is 0.273 e. The van der Waals surface area contributed by atoms with E-state index in [9.17, 15) is 20.2 Å². The number of hydrogen-bond donors (Lipinski definition) is 1. The minimum absolute atomic E-state index is 0.0903. The summed E-state index contributed by atoms with van der Waals surface area (Å²) in [5, 5.41) is 23.8. The second-order valence-electron chi connectivity index (χ2n) is 6.38. The highest BCUT2D eigenvalue weighted by atomic mass is 32.1. The van der Waals surface area contributed by atoms with E-state index in [-0.39, 0.29) is 11.3 Å². The van der Waals surface area contributed by atoms with Crippen LogP contribution in [0.15, 0.2) is 18.2 Å². The second kappa shape index (κ2) is 6.65. The minimum atomic E-state index is -0.502. The third kappa shape index (κ3) is 3.26. The van der Waals surface area contributed by atoms with Gasteiger partial charge in [-0.2, -0.15) is 5.26 Å². The van der Waals surface area contributed by atoms with Crippen LogP contribution in [0.3, 0.4) is 0 Å². The van der Waals surface area contributed by atoms with Crippen LogP contribution >= 0.6 is 11.3 Å². The van der Waals surface area contributed by atoms with Gasteiger partial charge in [0.05, 0.1) is 10.5 Å². The first kappa shape index (κ1) is 17.1. The molecule has 0 radical (unpaired) electrons. The Bertz CT molecular complexity index is 911. The Morgan fingerprint density at radius 1 is 1.48 bits per heavy atom. The van der Waals surface area contributed by atoms with E-state index in [1.165, 1.54) is 17.4 Å². The van der Waals surface area contributed by atoms with E-state index in [0.717, 1.165) is 29.7 Å². The molecule has 1 aromatic heterocycles. The van der Waals surface area contributed by atoms with Crippen LogP contribution in [0.2, 0.25) is 0 Å². The lowest BCUT2D eigenvalue weighted by Crippen LogP contribution is -2.12. The zero-order chi connectivity index (χ0) is 18.1. The Balaban J connectivity index is 1.91. The molecule has 128 valence electrons. The maximum atomic E-state index is 12.5. The molecule has 0 fully saturated rings. The molecule has 6 nitrogen and oxygen atoms in total. The van der Waals surface area contributed by atoms with Crippen LogP contribution in [-0.4, -0.2) is 10.8 Å². The van der Waals surface area contributed by atoms with Crippen LogP contribution in [0.4, 0.5) is 10.7 Å². The van der Waals surface area contributed by atoms with E-state index >= 15 is 0 Å². The van der Waals surface area contributed by atoms with Gasteiger partial charge in [-0.25, -0.2) is 0 Å². The van der Waals surface area contributed by atoms with E-state index in [1.807, 2.05) is 0 Å². The fraction of sp³-hybridized carbons (Fsp3) is 0.333. The number of nitro benzene ring substituents is 1. The number of rotatable bonds is 3. The summed E-state index contributed by atoms with van der Waals surface area (Å²) in [5.74, 6) is 0.132. The van der Waals surface area contributed by atoms with Gasteiger partial charge < -0.3 is 5.32 Å². The Kier molecular flexibility index (Phi) is 4.55. The molecule has 25 heavy (non-hydrogen) atoms. The Morgan fingerprint density at radius 2 is 2.24 bits per heavy atom. The molecule has 3 rings (SSSR count). The van der Waals surface area contributed by atoms with Gasteiger partial charge in [0.15, 0.2) is 0 Å². The largest absolute Gasteiger partial charge is 0.312 e. The summed E-state index contributed by atoms with van der Waals surface area (Å²) in [5.41, 5.74) is 2.19. The molecule has 2 aromatic rings. The number of carbonyl (C=O) groups is 1. The van der Waals surface area contributed by atoms with Gasteiger partial charge >= 0.3 is 0 Å². The van der Waals surface area contributed by atoms with Crippen molar-refractivity contribution in [3.8, 4) is 6.07 Å². The first-order chi connectivity index (χ1) is 11.9. The monoisotopic (exact) mass is 355 g/mol. The number of thiophene rings is 1. The average Bonchev–Trinajstić information content (AvgIpc) is 2.90. The van der Waals surface area contributed by atoms with Crippen molar-refractivity contribution in [2.24, 2.45) is 5.92 Å². The third-order valence-electron chi connectivity index (χ3n) is 4.52. The number of aryl methyl sites for hydroxylation is 1. The van der Waals surface area contributed by atoms with E-state index in [4.69, 9.17) is 0 Å². The predicted octanol–water partition coefficient (Wildman–Crippen LogP) is 4.21. The maximum Gasteiger partial charge on any atom is 0.273 e. The Hall–Kier alpha value is -2.72. The van der Waals surface area contributed by atoms with Gasteiger partial charge in [0.2, 0.25) is 0 Å². The highest BCUT2D eigenvalue weighted by Gasteiger charge is 2.25. The highest BCUT2D eigenvalue weighted by molar-refractivity contribution is 7.16. The van der Waals surface area contributed by atoms with Crippen molar-refractivity contribution in [1.29, 1.82) is 5.26 Å². The topological polar surface area (TPSA) is 96.0 Å². The van der Waals surface area contributed by atoms with Crippen molar-refractivity contribution in [1.82, 2.24) is 0 Å². The molecule has 0 spiro atoms. The van der Waals surface area contributed by atoms with Gasteiger partial charge in [0, 0.05) is 22.1 Å².